The zero-order chi connectivity index (χ0) is 20.6. The van der Waals surface area contributed by atoms with Gasteiger partial charge in [0.25, 0.3) is 5.91 Å². The van der Waals surface area contributed by atoms with Crippen molar-refractivity contribution in [1.29, 1.82) is 0 Å². The minimum Gasteiger partial charge on any atom is -0.496 e. The fourth-order valence-corrected chi connectivity index (χ4v) is 2.74. The molecule has 1 heterocycles. The summed E-state index contributed by atoms with van der Waals surface area (Å²) in [5.74, 6) is 0.301. The van der Waals surface area contributed by atoms with Crippen molar-refractivity contribution >= 4 is 35.2 Å². The Morgan fingerprint density at radius 3 is 2.62 bits per heavy atom. The fraction of sp³-hybridized carbons (Fsp3) is 0.0909. The van der Waals surface area contributed by atoms with Gasteiger partial charge in [0, 0.05) is 28.9 Å². The van der Waals surface area contributed by atoms with Crippen LogP contribution in [-0.2, 0) is 11.3 Å². The number of ether oxygens (including phenoxy) is 1. The molecule has 2 N–H and O–H groups in total. The zero-order valence-electron chi connectivity index (χ0n) is 15.6. The number of furan rings is 1. The molecule has 0 saturated carbocycles. The second kappa shape index (κ2) is 9.61. The molecule has 0 saturated heterocycles. The Morgan fingerprint density at radius 2 is 1.93 bits per heavy atom. The van der Waals surface area contributed by atoms with E-state index in [2.05, 4.69) is 10.6 Å². The lowest BCUT2D eigenvalue weighted by Crippen LogP contribution is -2.20. The second-order valence-corrected chi connectivity index (χ2v) is 6.50. The number of carbonyl (C=O) groups excluding carboxylic acids is 2. The van der Waals surface area contributed by atoms with Crippen molar-refractivity contribution in [2.75, 3.05) is 12.4 Å². The number of amides is 2. The minimum atomic E-state index is -0.322. The van der Waals surface area contributed by atoms with Crippen molar-refractivity contribution in [2.24, 2.45) is 0 Å². The SMILES string of the molecule is COc1ccc(Cl)cc1/C=C/C(=O)NCc1ccc(NC(=O)c2ccco2)cc1. The van der Waals surface area contributed by atoms with Gasteiger partial charge in [-0.15, -0.1) is 0 Å². The van der Waals surface area contributed by atoms with Gasteiger partial charge in [0.2, 0.25) is 5.91 Å². The van der Waals surface area contributed by atoms with E-state index in [9.17, 15) is 9.59 Å². The highest BCUT2D eigenvalue weighted by atomic mass is 35.5. The zero-order valence-corrected chi connectivity index (χ0v) is 16.4. The fourth-order valence-electron chi connectivity index (χ4n) is 2.56. The normalized spacial score (nSPS) is 10.7. The van der Waals surface area contributed by atoms with E-state index in [1.807, 2.05) is 12.1 Å². The van der Waals surface area contributed by atoms with Crippen molar-refractivity contribution in [3.63, 3.8) is 0 Å². The van der Waals surface area contributed by atoms with E-state index in [4.69, 9.17) is 20.8 Å². The number of benzene rings is 2. The van der Waals surface area contributed by atoms with Gasteiger partial charge in [-0.2, -0.15) is 0 Å². The monoisotopic (exact) mass is 410 g/mol. The van der Waals surface area contributed by atoms with E-state index in [0.717, 1.165) is 5.56 Å². The van der Waals surface area contributed by atoms with Gasteiger partial charge < -0.3 is 19.8 Å². The molecule has 0 spiro atoms. The Bertz CT molecular complexity index is 1010. The first-order valence-electron chi connectivity index (χ1n) is 8.78. The van der Waals surface area contributed by atoms with E-state index in [1.54, 1.807) is 55.7 Å². The van der Waals surface area contributed by atoms with E-state index >= 15 is 0 Å². The van der Waals surface area contributed by atoms with Crippen molar-refractivity contribution < 1.29 is 18.7 Å². The van der Waals surface area contributed by atoms with Crippen LogP contribution in [0.15, 0.2) is 71.4 Å². The van der Waals surface area contributed by atoms with Crippen molar-refractivity contribution in [1.82, 2.24) is 5.32 Å². The number of halogens is 1. The first-order valence-corrected chi connectivity index (χ1v) is 9.16. The van der Waals surface area contributed by atoms with Gasteiger partial charge in [0.15, 0.2) is 5.76 Å². The molecule has 0 unspecified atom stereocenters. The highest BCUT2D eigenvalue weighted by Gasteiger charge is 2.08. The highest BCUT2D eigenvalue weighted by Crippen LogP contribution is 2.23. The van der Waals surface area contributed by atoms with Gasteiger partial charge in [-0.25, -0.2) is 0 Å². The van der Waals surface area contributed by atoms with E-state index in [0.29, 0.717) is 28.6 Å². The summed E-state index contributed by atoms with van der Waals surface area (Å²) in [6.07, 6.45) is 4.51. The summed E-state index contributed by atoms with van der Waals surface area (Å²) in [4.78, 5) is 24.0. The molecule has 0 aliphatic heterocycles. The lowest BCUT2D eigenvalue weighted by atomic mass is 10.2. The maximum atomic E-state index is 12.1. The van der Waals surface area contributed by atoms with E-state index < -0.39 is 0 Å². The Balaban J connectivity index is 1.52. The maximum absolute atomic E-state index is 12.1. The number of hydrogen-bond acceptors (Lipinski definition) is 4. The first kappa shape index (κ1) is 20.2. The third kappa shape index (κ3) is 5.73. The maximum Gasteiger partial charge on any atom is 0.291 e. The molecule has 0 aliphatic rings. The third-order valence-corrected chi connectivity index (χ3v) is 4.26. The summed E-state index contributed by atoms with van der Waals surface area (Å²) in [5, 5.41) is 6.10. The topological polar surface area (TPSA) is 80.6 Å². The van der Waals surface area contributed by atoms with Crippen LogP contribution < -0.4 is 15.4 Å². The molecule has 3 aromatic rings. The van der Waals surface area contributed by atoms with Crippen LogP contribution in [0.3, 0.4) is 0 Å². The van der Waals surface area contributed by atoms with Crippen LogP contribution in [0.5, 0.6) is 5.75 Å². The number of anilines is 1. The molecule has 0 aliphatic carbocycles. The van der Waals surface area contributed by atoms with Crippen LogP contribution in [0.2, 0.25) is 5.02 Å². The molecular weight excluding hydrogens is 392 g/mol. The smallest absolute Gasteiger partial charge is 0.291 e. The van der Waals surface area contributed by atoms with Crippen LogP contribution in [0.25, 0.3) is 6.08 Å². The minimum absolute atomic E-state index is 0.240. The van der Waals surface area contributed by atoms with Crippen LogP contribution in [0.4, 0.5) is 5.69 Å². The predicted octanol–water partition coefficient (Wildman–Crippen LogP) is 4.52. The lowest BCUT2D eigenvalue weighted by molar-refractivity contribution is -0.116. The third-order valence-electron chi connectivity index (χ3n) is 4.03. The quantitative estimate of drug-likeness (QED) is 0.561. The highest BCUT2D eigenvalue weighted by molar-refractivity contribution is 6.30. The van der Waals surface area contributed by atoms with Crippen molar-refractivity contribution in [2.45, 2.75) is 6.54 Å². The van der Waals surface area contributed by atoms with Gasteiger partial charge >= 0.3 is 0 Å². The predicted molar refractivity (Wildman–Crippen MR) is 112 cm³/mol. The summed E-state index contributed by atoms with van der Waals surface area (Å²) in [6, 6.07) is 15.6. The summed E-state index contributed by atoms with van der Waals surface area (Å²) < 4.78 is 10.3. The Labute approximate surface area is 173 Å². The molecule has 29 heavy (non-hydrogen) atoms. The molecule has 2 amide bonds. The van der Waals surface area contributed by atoms with Crippen LogP contribution in [0, 0.1) is 0 Å². The van der Waals surface area contributed by atoms with Crippen LogP contribution in [-0.4, -0.2) is 18.9 Å². The molecule has 2 aromatic carbocycles. The van der Waals surface area contributed by atoms with Gasteiger partial charge in [-0.3, -0.25) is 9.59 Å². The molecule has 148 valence electrons. The summed E-state index contributed by atoms with van der Waals surface area (Å²) in [5.41, 5.74) is 2.24. The average molecular weight is 411 g/mol. The van der Waals surface area contributed by atoms with Gasteiger partial charge in [0.05, 0.1) is 13.4 Å². The van der Waals surface area contributed by atoms with E-state index in [-0.39, 0.29) is 17.6 Å². The lowest BCUT2D eigenvalue weighted by Gasteiger charge is -2.07. The molecule has 7 heteroatoms. The standard InChI is InChI=1S/C22H19ClN2O4/c1-28-19-10-7-17(23)13-16(19)6-11-21(26)24-14-15-4-8-18(9-5-15)25-22(27)20-3-2-12-29-20/h2-13H,14H2,1H3,(H,24,26)(H,25,27)/b11-6+. The Kier molecular flexibility index (Phi) is 6.71. The molecule has 0 radical (unpaired) electrons. The van der Waals surface area contributed by atoms with E-state index in [1.165, 1.54) is 12.3 Å². The summed E-state index contributed by atoms with van der Waals surface area (Å²) in [6.45, 7) is 0.349. The average Bonchev–Trinajstić information content (AvgIpc) is 3.27. The summed E-state index contributed by atoms with van der Waals surface area (Å²) in [7, 11) is 1.56. The number of methoxy groups -OCH3 is 1. The molecule has 0 atom stereocenters. The van der Waals surface area contributed by atoms with Crippen molar-refractivity contribution in [3.05, 3.63) is 88.8 Å². The molecular formula is C22H19ClN2O4. The molecule has 0 bridgehead atoms. The second-order valence-electron chi connectivity index (χ2n) is 6.07. The first-order chi connectivity index (χ1) is 14.0. The Morgan fingerprint density at radius 1 is 1.14 bits per heavy atom. The Hall–Kier alpha value is -3.51. The van der Waals surface area contributed by atoms with Gasteiger partial charge in [-0.05, 0) is 54.1 Å². The molecule has 3 rings (SSSR count). The number of hydrogen-bond donors (Lipinski definition) is 2. The van der Waals surface area contributed by atoms with Crippen LogP contribution >= 0.6 is 11.6 Å². The number of nitrogens with one attached hydrogen (secondary N) is 2. The number of rotatable bonds is 7. The largest absolute Gasteiger partial charge is 0.496 e. The van der Waals surface area contributed by atoms with Gasteiger partial charge in [0.1, 0.15) is 5.75 Å². The van der Waals surface area contributed by atoms with Crippen LogP contribution in [0.1, 0.15) is 21.7 Å². The number of carbonyl (C=O) groups is 2. The van der Waals surface area contributed by atoms with Crippen molar-refractivity contribution in [3.8, 4) is 5.75 Å². The molecule has 1 aromatic heterocycles. The molecule has 6 nitrogen and oxygen atoms in total. The van der Waals surface area contributed by atoms with Gasteiger partial charge in [-0.1, -0.05) is 23.7 Å². The summed E-state index contributed by atoms with van der Waals surface area (Å²) >= 11 is 5.98. The molecule has 0 fully saturated rings.